The number of hydrogen-bond donors (Lipinski definition) is 2. The fraction of sp³-hybridized carbons (Fsp3) is 0.550. The summed E-state index contributed by atoms with van der Waals surface area (Å²) in [7, 11) is 0. The molecule has 154 valence electrons. The van der Waals surface area contributed by atoms with Crippen molar-refractivity contribution < 1.29 is 9.90 Å². The van der Waals surface area contributed by atoms with Crippen LogP contribution in [0, 0.1) is 12.8 Å². The zero-order valence-electron chi connectivity index (χ0n) is 16.8. The Bertz CT molecular complexity index is 806. The number of β-amino-alcohol motifs (C(OH)–C–C–N with tert-alkyl or cyclic N) is 1. The number of carbonyl (C=O) groups excluding carboxylic acids is 1. The molecule has 1 aromatic heterocycles. The highest BCUT2D eigenvalue weighted by Gasteiger charge is 2.22. The molecular weight excluding hydrogens is 378 g/mol. The average molecular weight is 408 g/mol. The zero-order valence-corrected chi connectivity index (χ0v) is 17.6. The van der Waals surface area contributed by atoms with Crippen LogP contribution in [0.25, 0.3) is 5.69 Å². The van der Waals surface area contributed by atoms with Crippen LogP contribution in [0.1, 0.15) is 47.6 Å². The van der Waals surface area contributed by atoms with Crippen molar-refractivity contribution in [2.24, 2.45) is 5.92 Å². The van der Waals surface area contributed by atoms with Crippen molar-refractivity contribution in [1.29, 1.82) is 0 Å². The van der Waals surface area contributed by atoms with Crippen LogP contribution >= 0.6 is 12.4 Å². The summed E-state index contributed by atoms with van der Waals surface area (Å²) in [6, 6.07) is 6.16. The highest BCUT2D eigenvalue weighted by molar-refractivity contribution is 5.93. The lowest BCUT2D eigenvalue weighted by molar-refractivity contribution is 0.0946. The number of nitrogens with one attached hydrogen (secondary N) is 1. The molecule has 28 heavy (non-hydrogen) atoms. The van der Waals surface area contributed by atoms with Crippen molar-refractivity contribution in [2.75, 3.05) is 26.2 Å². The maximum Gasteiger partial charge on any atom is 0.273 e. The van der Waals surface area contributed by atoms with E-state index in [2.05, 4.69) is 40.4 Å². The third-order valence-electron chi connectivity index (χ3n) is 5.08. The van der Waals surface area contributed by atoms with E-state index in [0.717, 1.165) is 37.3 Å². The Morgan fingerprint density at radius 2 is 2.14 bits per heavy atom. The number of aliphatic hydroxyl groups is 1. The van der Waals surface area contributed by atoms with Crippen LogP contribution in [0.15, 0.2) is 18.2 Å². The number of carbonyl (C=O) groups is 1. The van der Waals surface area contributed by atoms with E-state index in [1.165, 1.54) is 11.1 Å². The summed E-state index contributed by atoms with van der Waals surface area (Å²) in [6.07, 6.45) is 1.83. The van der Waals surface area contributed by atoms with Gasteiger partial charge in [-0.1, -0.05) is 31.2 Å². The lowest BCUT2D eigenvalue weighted by Gasteiger charge is -2.29. The summed E-state index contributed by atoms with van der Waals surface area (Å²) >= 11 is 0. The van der Waals surface area contributed by atoms with Crippen molar-refractivity contribution in [3.63, 3.8) is 0 Å². The number of benzene rings is 1. The van der Waals surface area contributed by atoms with Gasteiger partial charge >= 0.3 is 0 Å². The van der Waals surface area contributed by atoms with Crippen LogP contribution in [-0.4, -0.2) is 57.1 Å². The molecule has 1 aliphatic rings. The van der Waals surface area contributed by atoms with Crippen molar-refractivity contribution in [2.45, 2.75) is 40.2 Å². The number of rotatable bonds is 7. The second-order valence-corrected chi connectivity index (χ2v) is 7.54. The van der Waals surface area contributed by atoms with Crippen molar-refractivity contribution in [1.82, 2.24) is 25.2 Å². The van der Waals surface area contributed by atoms with E-state index in [0.29, 0.717) is 24.7 Å². The molecule has 2 N–H and O–H groups in total. The van der Waals surface area contributed by atoms with E-state index in [-0.39, 0.29) is 24.9 Å². The van der Waals surface area contributed by atoms with E-state index in [1.54, 1.807) is 4.68 Å². The molecule has 7 nitrogen and oxygen atoms in total. The number of aliphatic hydroxyl groups excluding tert-OH is 1. The summed E-state index contributed by atoms with van der Waals surface area (Å²) in [5.41, 5.74) is 4.61. The van der Waals surface area contributed by atoms with Crippen molar-refractivity contribution in [3.8, 4) is 5.69 Å². The number of aromatic nitrogens is 3. The Hall–Kier alpha value is -1.96. The maximum atomic E-state index is 12.4. The summed E-state index contributed by atoms with van der Waals surface area (Å²) in [5, 5.41) is 20.5. The first-order valence-corrected chi connectivity index (χ1v) is 9.66. The Labute approximate surface area is 172 Å². The minimum Gasteiger partial charge on any atom is -0.395 e. The molecule has 8 heteroatoms. The molecule has 1 aromatic carbocycles. The second-order valence-electron chi connectivity index (χ2n) is 7.54. The lowest BCUT2D eigenvalue weighted by Crippen LogP contribution is -2.33. The molecule has 2 heterocycles. The Morgan fingerprint density at radius 1 is 1.36 bits per heavy atom. The Morgan fingerprint density at radius 3 is 2.86 bits per heavy atom. The monoisotopic (exact) mass is 407 g/mol. The van der Waals surface area contributed by atoms with E-state index in [9.17, 15) is 9.90 Å². The van der Waals surface area contributed by atoms with Gasteiger partial charge < -0.3 is 10.4 Å². The number of halogens is 1. The molecule has 1 aliphatic heterocycles. The first kappa shape index (κ1) is 22.3. The summed E-state index contributed by atoms with van der Waals surface area (Å²) in [6.45, 7) is 9.38. The SMILES string of the molecule is Cc1c(C(=O)NCCC(C)C)nnn1-c1cccc2c1CCN(CCO)C2.Cl. The molecule has 0 saturated heterocycles. The average Bonchev–Trinajstić information content (AvgIpc) is 3.02. The van der Waals surface area contributed by atoms with Crippen LogP contribution in [0.2, 0.25) is 0 Å². The molecule has 2 aromatic rings. The highest BCUT2D eigenvalue weighted by atomic mass is 35.5. The molecule has 0 fully saturated rings. The van der Waals surface area contributed by atoms with Gasteiger partial charge in [-0.25, -0.2) is 4.68 Å². The normalized spacial score (nSPS) is 13.9. The lowest BCUT2D eigenvalue weighted by atomic mass is 9.97. The molecular formula is C20H30ClN5O2. The number of hydrogen-bond acceptors (Lipinski definition) is 5. The first-order valence-electron chi connectivity index (χ1n) is 9.66. The predicted octanol–water partition coefficient (Wildman–Crippen LogP) is 2.12. The van der Waals surface area contributed by atoms with Crippen molar-refractivity contribution >= 4 is 18.3 Å². The van der Waals surface area contributed by atoms with Crippen LogP contribution in [0.4, 0.5) is 0 Å². The maximum absolute atomic E-state index is 12.4. The largest absolute Gasteiger partial charge is 0.395 e. The van der Waals surface area contributed by atoms with Crippen LogP contribution in [0.3, 0.4) is 0 Å². The van der Waals surface area contributed by atoms with Gasteiger partial charge in [-0.05, 0) is 42.9 Å². The zero-order chi connectivity index (χ0) is 19.4. The predicted molar refractivity (Wildman–Crippen MR) is 111 cm³/mol. The van der Waals surface area contributed by atoms with E-state index in [4.69, 9.17) is 0 Å². The van der Waals surface area contributed by atoms with Gasteiger partial charge in [0.1, 0.15) is 0 Å². The highest BCUT2D eigenvalue weighted by Crippen LogP contribution is 2.26. The van der Waals surface area contributed by atoms with Crippen molar-refractivity contribution in [3.05, 3.63) is 40.7 Å². The summed E-state index contributed by atoms with van der Waals surface area (Å²) in [5.74, 6) is 0.377. The molecule has 1 amide bonds. The quantitative estimate of drug-likeness (QED) is 0.734. The molecule has 0 unspecified atom stereocenters. The number of amides is 1. The fourth-order valence-electron chi connectivity index (χ4n) is 3.50. The third-order valence-corrected chi connectivity index (χ3v) is 5.08. The molecule has 0 saturated carbocycles. The molecule has 0 atom stereocenters. The Balaban J connectivity index is 0.00000280. The fourth-order valence-corrected chi connectivity index (χ4v) is 3.50. The van der Waals surface area contributed by atoms with E-state index >= 15 is 0 Å². The van der Waals surface area contributed by atoms with Gasteiger partial charge in [0.05, 0.1) is 18.0 Å². The minimum atomic E-state index is -0.168. The van der Waals surface area contributed by atoms with Gasteiger partial charge in [0.2, 0.25) is 0 Å². The van der Waals surface area contributed by atoms with Gasteiger partial charge in [0.25, 0.3) is 5.91 Å². The van der Waals surface area contributed by atoms with E-state index in [1.807, 2.05) is 19.1 Å². The van der Waals surface area contributed by atoms with Crippen LogP contribution in [0.5, 0.6) is 0 Å². The molecule has 3 rings (SSSR count). The first-order chi connectivity index (χ1) is 13.0. The standard InChI is InChI=1S/C20H29N5O2.ClH/c1-14(2)7-9-21-20(27)19-15(3)25(23-22-19)18-6-4-5-16-13-24(11-12-26)10-8-17(16)18;/h4-6,14,26H,7-13H2,1-3H3,(H,21,27);1H. The van der Waals surface area contributed by atoms with Gasteiger partial charge in [-0.3, -0.25) is 9.69 Å². The molecule has 0 spiro atoms. The van der Waals surface area contributed by atoms with Gasteiger partial charge in [0.15, 0.2) is 5.69 Å². The second kappa shape index (κ2) is 10.0. The van der Waals surface area contributed by atoms with Crippen LogP contribution in [-0.2, 0) is 13.0 Å². The third kappa shape index (κ3) is 4.90. The molecule has 0 radical (unpaired) electrons. The van der Waals surface area contributed by atoms with Gasteiger partial charge in [0, 0.05) is 26.2 Å². The topological polar surface area (TPSA) is 83.3 Å². The summed E-state index contributed by atoms with van der Waals surface area (Å²) < 4.78 is 1.78. The number of fused-ring (bicyclic) bond motifs is 1. The summed E-state index contributed by atoms with van der Waals surface area (Å²) in [4.78, 5) is 14.7. The molecule has 0 bridgehead atoms. The van der Waals surface area contributed by atoms with Gasteiger partial charge in [-0.2, -0.15) is 0 Å². The van der Waals surface area contributed by atoms with E-state index < -0.39 is 0 Å². The minimum absolute atomic E-state index is 0. The van der Waals surface area contributed by atoms with Crippen LogP contribution < -0.4 is 5.32 Å². The Kier molecular flexibility index (Phi) is 7.98. The smallest absolute Gasteiger partial charge is 0.273 e. The molecule has 0 aliphatic carbocycles. The van der Waals surface area contributed by atoms with Gasteiger partial charge in [-0.15, -0.1) is 17.5 Å². The number of nitrogens with zero attached hydrogens (tertiary/aromatic N) is 4.